The van der Waals surface area contributed by atoms with E-state index in [1.807, 2.05) is 191 Å². The van der Waals surface area contributed by atoms with Gasteiger partial charge >= 0.3 is 0 Å². The molecule has 776 valence electrons. The topological polar surface area (TPSA) is 308 Å². The first-order valence-corrected chi connectivity index (χ1v) is 54.0. The number of carbonyl (C=O) groups is 7. The number of benzene rings is 9. The first kappa shape index (κ1) is 110. The van der Waals surface area contributed by atoms with Gasteiger partial charge in [-0.05, 0) is 262 Å². The second-order valence-corrected chi connectivity index (χ2v) is 41.1. The predicted molar refractivity (Wildman–Crippen MR) is 577 cm³/mol. The van der Waals surface area contributed by atoms with Crippen LogP contribution in [0.2, 0.25) is 5.02 Å². The van der Waals surface area contributed by atoms with Crippen molar-refractivity contribution in [3.8, 4) is 50.4 Å². The van der Waals surface area contributed by atoms with E-state index in [0.717, 1.165) is 188 Å². The smallest absolute Gasteiger partial charge is 0.274 e. The van der Waals surface area contributed by atoms with E-state index < -0.39 is 22.8 Å². The molecule has 26 nitrogen and oxygen atoms in total. The maximum Gasteiger partial charge on any atom is 0.274 e. The Kier molecular flexibility index (Phi) is 38.9. The van der Waals surface area contributed by atoms with Crippen molar-refractivity contribution in [3.63, 3.8) is 0 Å². The van der Waals surface area contributed by atoms with Crippen molar-refractivity contribution in [1.82, 2.24) is 67.9 Å². The number of rotatable bonds is 36. The fourth-order valence-corrected chi connectivity index (χ4v) is 21.7. The van der Waals surface area contributed by atoms with Crippen LogP contribution in [0, 0.1) is 26.6 Å². The van der Waals surface area contributed by atoms with Crippen molar-refractivity contribution in [2.75, 3.05) is 85.3 Å². The average Bonchev–Trinajstić information content (AvgIpc) is 1.74. The lowest BCUT2D eigenvalue weighted by Crippen LogP contribution is -2.46. The number of likely N-dealkylation sites (tertiary alicyclic amines) is 1. The Hall–Kier alpha value is -12.9. The van der Waals surface area contributed by atoms with Crippen molar-refractivity contribution in [3.05, 3.63) is 313 Å². The van der Waals surface area contributed by atoms with Crippen molar-refractivity contribution in [2.45, 2.75) is 233 Å². The molecule has 4 atom stereocenters. The van der Waals surface area contributed by atoms with Gasteiger partial charge in [-0.3, -0.25) is 33.6 Å². The van der Waals surface area contributed by atoms with Gasteiger partial charge in [-0.25, -0.2) is 26.9 Å². The van der Waals surface area contributed by atoms with E-state index >= 15 is 4.39 Å². The Morgan fingerprint density at radius 2 is 0.673 bits per heavy atom. The van der Waals surface area contributed by atoms with Crippen LogP contribution in [0.3, 0.4) is 0 Å². The molecular formula is C118H142ClFN14O12S. The number of hydrogen-bond acceptors (Lipinski definition) is 14. The van der Waals surface area contributed by atoms with E-state index in [9.17, 15) is 53.1 Å². The molecule has 9 aromatic carbocycles. The van der Waals surface area contributed by atoms with Crippen LogP contribution in [0.5, 0.6) is 0 Å². The van der Waals surface area contributed by atoms with Crippen LogP contribution >= 0.6 is 11.6 Å². The third-order valence-electron chi connectivity index (χ3n) is 28.7. The van der Waals surface area contributed by atoms with Gasteiger partial charge in [0.2, 0.25) is 0 Å². The lowest BCUT2D eigenvalue weighted by atomic mass is 9.93. The highest BCUT2D eigenvalue weighted by Crippen LogP contribution is 2.38. The summed E-state index contributed by atoms with van der Waals surface area (Å²) >= 11 is 6.32. The summed E-state index contributed by atoms with van der Waals surface area (Å²) in [6.45, 7) is 25.9. The zero-order valence-corrected chi connectivity index (χ0v) is 88.0. The molecule has 3 aromatic heterocycles. The summed E-state index contributed by atoms with van der Waals surface area (Å²) in [6, 6.07) is 64.8. The van der Waals surface area contributed by atoms with Gasteiger partial charge in [0.05, 0.1) is 82.2 Å². The molecule has 12 aromatic rings. The monoisotopic (exact) mass is 2030 g/mol. The van der Waals surface area contributed by atoms with E-state index in [0.29, 0.717) is 164 Å². The van der Waals surface area contributed by atoms with Crippen LogP contribution in [0.15, 0.2) is 217 Å². The van der Waals surface area contributed by atoms with Crippen molar-refractivity contribution < 1.29 is 63.0 Å². The Morgan fingerprint density at radius 3 is 1.01 bits per heavy atom. The molecule has 2 fully saturated rings. The molecule has 5 aliphatic heterocycles. The number of aliphatic hydroxyl groups excluding tert-OH is 3. The number of piperidine rings is 1. The van der Waals surface area contributed by atoms with Gasteiger partial charge in [0.25, 0.3) is 41.4 Å². The summed E-state index contributed by atoms with van der Waals surface area (Å²) in [6.07, 6.45) is 18.2. The third kappa shape index (κ3) is 25.9. The van der Waals surface area contributed by atoms with Gasteiger partial charge < -0.3 is 55.1 Å². The van der Waals surface area contributed by atoms with E-state index in [1.54, 1.807) is 70.0 Å². The molecule has 0 radical (unpaired) electrons. The van der Waals surface area contributed by atoms with E-state index in [4.69, 9.17) is 26.9 Å². The van der Waals surface area contributed by atoms with Gasteiger partial charge in [0.15, 0.2) is 17.1 Å². The molecule has 17 rings (SSSR count). The zero-order chi connectivity index (χ0) is 103. The van der Waals surface area contributed by atoms with Crippen LogP contribution in [0.4, 0.5) is 4.39 Å². The Morgan fingerprint density at radius 1 is 0.361 bits per heavy atom. The van der Waals surface area contributed by atoms with Crippen LogP contribution in [-0.4, -0.2) is 238 Å². The van der Waals surface area contributed by atoms with Crippen molar-refractivity contribution in [2.24, 2.45) is 0 Å². The first-order chi connectivity index (χ1) is 70.9. The molecule has 0 aliphatic carbocycles. The van der Waals surface area contributed by atoms with Crippen LogP contribution in [-0.2, 0) is 49.9 Å². The van der Waals surface area contributed by atoms with Gasteiger partial charge in [-0.1, -0.05) is 219 Å². The summed E-state index contributed by atoms with van der Waals surface area (Å²) in [5.74, 6) is -1.98. The number of amides is 7. The lowest BCUT2D eigenvalue weighted by molar-refractivity contribution is 0.0539. The number of aliphatic hydroxyl groups is 3. The van der Waals surface area contributed by atoms with Gasteiger partial charge in [0.1, 0.15) is 16.8 Å². The second kappa shape index (κ2) is 52.1. The minimum absolute atomic E-state index is 0. The summed E-state index contributed by atoms with van der Waals surface area (Å²) in [7, 11) is -1.21. The standard InChI is InChI=1S/C41H48FN5O4.C41H51N5O4S.C36H41ClN4O3.H2O/c1-4-6-18-45(19-7-5-2)41(51)37-22-28(3)47(43-37)38-17-15-30(31-14-16-34(36(42)25-31)39(49)44-20-10-11-21-44)24-35(38)40(50)46-26-32-13-9-8-12-29(32)23-33(46)27-48;1-4-6-21-43(22-7-5-2)41(49)38-25-30(3)46(42-38)39-20-17-33(31-15-18-36(19-16-31)51(50)44-23-11-8-12-24-44)27-37(39)40(48)45-28-34-14-10-9-13-32(34)26-35(45)29-47;1-4-6-17-39(18-7-5-2)36(44)33-19-25(3)41(38-33)34-16-15-28(26-13-10-14-30(37)20-26)22-32(34)35(43)40-23-29-12-9-8-11-27(29)21-31(40)24-42;/h8-9,12-17,22,24-25,33,48H,4-7,10-11,18-21,23,26-27H2,1-3H3;9-10,13-20,25,27,35,47H,4-8,11-12,21-24,26,28-29H2,1-3H3;8-16,19-20,22,31,42H,4-7,17-18,21,23-24H2,1-3H3;1H2/t33-;35-,51?;31-;/m000./s1. The number of aromatic nitrogens is 6. The molecule has 0 spiro atoms. The Labute approximate surface area is 871 Å². The number of halogens is 2. The molecule has 0 bridgehead atoms. The number of fused-ring (bicyclic) bond motifs is 3. The third-order valence-corrected chi connectivity index (χ3v) is 30.5. The zero-order valence-electron chi connectivity index (χ0n) is 86.4. The van der Waals surface area contributed by atoms with Gasteiger partial charge in [-0.2, -0.15) is 15.3 Å². The van der Waals surface area contributed by atoms with Crippen LogP contribution in [0.1, 0.15) is 274 Å². The minimum Gasteiger partial charge on any atom is -0.412 e. The molecule has 5 N–H and O–H groups in total. The molecule has 5 aliphatic rings. The lowest BCUT2D eigenvalue weighted by Gasteiger charge is -2.36. The largest absolute Gasteiger partial charge is 0.412 e. The molecular weight excluding hydrogens is 1890 g/mol. The second-order valence-electron chi connectivity index (χ2n) is 39.1. The summed E-state index contributed by atoms with van der Waals surface area (Å²) in [5, 5.41) is 46.2. The highest BCUT2D eigenvalue weighted by Gasteiger charge is 2.38. The molecule has 147 heavy (non-hydrogen) atoms. The fourth-order valence-electron chi connectivity index (χ4n) is 20.2. The summed E-state index contributed by atoms with van der Waals surface area (Å²) < 4.78 is 35.9. The summed E-state index contributed by atoms with van der Waals surface area (Å²) in [5.41, 5.74) is 17.2. The summed E-state index contributed by atoms with van der Waals surface area (Å²) in [4.78, 5) is 111. The van der Waals surface area contributed by atoms with Crippen molar-refractivity contribution >= 4 is 63.9 Å². The minimum atomic E-state index is -1.21. The molecule has 8 heterocycles. The number of nitrogens with zero attached hydrogens (tertiary/aromatic N) is 14. The predicted octanol–water partition coefficient (Wildman–Crippen LogP) is 20.1. The highest BCUT2D eigenvalue weighted by molar-refractivity contribution is 7.82. The first-order valence-electron chi connectivity index (χ1n) is 52.5. The molecule has 1 unspecified atom stereocenters. The number of carbonyl (C=O) groups excluding carboxylic acids is 7. The maximum absolute atomic E-state index is 15.5. The van der Waals surface area contributed by atoms with Gasteiger partial charge in [0, 0.05) is 107 Å². The average molecular weight is 2040 g/mol. The van der Waals surface area contributed by atoms with E-state index in [2.05, 4.69) is 53.7 Å². The molecule has 0 saturated carbocycles. The molecule has 7 amide bonds. The van der Waals surface area contributed by atoms with E-state index in [-0.39, 0.29) is 84.3 Å². The van der Waals surface area contributed by atoms with Crippen LogP contribution < -0.4 is 0 Å². The maximum atomic E-state index is 15.5. The number of hydrogen-bond donors (Lipinski definition) is 3. The normalized spacial score (nSPS) is 15.6. The quantitative estimate of drug-likeness (QED) is 0.0329. The fraction of sp³-hybridized carbons (Fsp3) is 0.407. The Balaban J connectivity index is 0.000000174. The SMILES string of the molecule is CCCCN(CCCC)C(=O)c1cc(C)n(-c2ccc(-c3ccc(C(=O)N4CCCC4)c(F)c3)cc2C(=O)N2Cc3ccccc3C[C@H]2CO)n1.CCCCN(CCCC)C(=O)c1cc(C)n(-c2ccc(-c3ccc(S(=O)N4CCCCC4)cc3)cc2C(=O)N2Cc3ccccc3C[C@H]2CO)n1.CCCCN(CCCC)C(=O)c1cc(C)n(-c2ccc(-c3cccc(Cl)c3)cc2C(=O)N2Cc3ccccc3C[C@H]2CO)n1.O. The highest BCUT2D eigenvalue weighted by atomic mass is 35.5. The van der Waals surface area contributed by atoms with Crippen molar-refractivity contribution in [1.29, 1.82) is 0 Å². The number of unbranched alkanes of at least 4 members (excludes halogenated alkanes) is 6. The van der Waals surface area contributed by atoms with Crippen LogP contribution in [0.25, 0.3) is 50.4 Å². The number of aryl methyl sites for hydroxylation is 3. The van der Waals surface area contributed by atoms with E-state index in [1.165, 1.54) is 18.6 Å². The molecule has 2 saturated heterocycles. The molecule has 29 heteroatoms. The van der Waals surface area contributed by atoms with Gasteiger partial charge in [-0.15, -0.1) is 0 Å². The Bertz CT molecular complexity index is 6600.